The van der Waals surface area contributed by atoms with Gasteiger partial charge >= 0.3 is 0 Å². The van der Waals surface area contributed by atoms with E-state index >= 15 is 0 Å². The molecule has 2 amide bonds. The second-order valence-corrected chi connectivity index (χ2v) is 5.32. The summed E-state index contributed by atoms with van der Waals surface area (Å²) in [6.07, 6.45) is 5.21. The Bertz CT molecular complexity index is 478. The van der Waals surface area contributed by atoms with Crippen LogP contribution >= 0.6 is 0 Å². The van der Waals surface area contributed by atoms with Gasteiger partial charge in [-0.3, -0.25) is 9.59 Å². The Morgan fingerprint density at radius 1 is 1.50 bits per heavy atom. The highest BCUT2D eigenvalue weighted by Crippen LogP contribution is 2.41. The Kier molecular flexibility index (Phi) is 2.43. The summed E-state index contributed by atoms with van der Waals surface area (Å²) in [6, 6.07) is 1.81. The lowest BCUT2D eigenvalue weighted by Crippen LogP contribution is -2.66. The average Bonchev–Trinajstić information content (AvgIpc) is 3.06. The van der Waals surface area contributed by atoms with E-state index in [1.165, 1.54) is 0 Å². The number of nitrogens with one attached hydrogen (secondary N) is 1. The van der Waals surface area contributed by atoms with Gasteiger partial charge in [-0.15, -0.1) is 0 Å². The quantitative estimate of drug-likeness (QED) is 0.864. The average molecular weight is 248 g/mol. The monoisotopic (exact) mass is 248 g/mol. The Balaban J connectivity index is 1.81. The Labute approximate surface area is 105 Å². The summed E-state index contributed by atoms with van der Waals surface area (Å²) >= 11 is 0. The van der Waals surface area contributed by atoms with Crippen LogP contribution in [0.25, 0.3) is 0 Å². The standard InChI is InChI=1S/C13H16N2O3/c1-13(10-2-3-10)12(17)15(7-11(16)14-13)6-9-4-5-18-8-9/h4-5,8,10H,2-3,6-7H2,1H3,(H,14,16). The van der Waals surface area contributed by atoms with E-state index in [0.717, 1.165) is 18.4 Å². The van der Waals surface area contributed by atoms with Crippen LogP contribution in [0.15, 0.2) is 23.0 Å². The van der Waals surface area contributed by atoms with Crippen molar-refractivity contribution in [2.24, 2.45) is 5.92 Å². The molecule has 0 spiro atoms. The number of carbonyl (C=O) groups is 2. The number of rotatable bonds is 3. The Morgan fingerprint density at radius 3 is 2.89 bits per heavy atom. The van der Waals surface area contributed by atoms with Crippen LogP contribution in [-0.2, 0) is 16.1 Å². The molecular formula is C13H16N2O3. The number of hydrogen-bond acceptors (Lipinski definition) is 3. The fraction of sp³-hybridized carbons (Fsp3) is 0.538. The van der Waals surface area contributed by atoms with Gasteiger partial charge in [0.25, 0.3) is 0 Å². The molecule has 18 heavy (non-hydrogen) atoms. The zero-order chi connectivity index (χ0) is 12.8. The van der Waals surface area contributed by atoms with Gasteiger partial charge in [0, 0.05) is 12.1 Å². The van der Waals surface area contributed by atoms with Gasteiger partial charge in [-0.1, -0.05) is 0 Å². The van der Waals surface area contributed by atoms with E-state index in [1.807, 2.05) is 13.0 Å². The summed E-state index contributed by atoms with van der Waals surface area (Å²) in [4.78, 5) is 25.9. The topological polar surface area (TPSA) is 62.6 Å². The van der Waals surface area contributed by atoms with Crippen molar-refractivity contribution >= 4 is 11.8 Å². The molecule has 1 aliphatic carbocycles. The highest BCUT2D eigenvalue weighted by Gasteiger charge is 2.52. The van der Waals surface area contributed by atoms with Crippen LogP contribution in [-0.4, -0.2) is 28.8 Å². The minimum Gasteiger partial charge on any atom is -0.472 e. The zero-order valence-electron chi connectivity index (χ0n) is 10.3. The van der Waals surface area contributed by atoms with Gasteiger partial charge in [-0.25, -0.2) is 0 Å². The van der Waals surface area contributed by atoms with Crippen LogP contribution < -0.4 is 5.32 Å². The third-order valence-electron chi connectivity index (χ3n) is 3.81. The van der Waals surface area contributed by atoms with Gasteiger partial charge in [0.2, 0.25) is 11.8 Å². The largest absolute Gasteiger partial charge is 0.472 e. The fourth-order valence-corrected chi connectivity index (χ4v) is 2.62. The van der Waals surface area contributed by atoms with Crippen molar-refractivity contribution in [1.82, 2.24) is 10.2 Å². The van der Waals surface area contributed by atoms with Crippen molar-refractivity contribution in [3.63, 3.8) is 0 Å². The van der Waals surface area contributed by atoms with Crippen LogP contribution in [0.4, 0.5) is 0 Å². The molecule has 1 aliphatic heterocycles. The summed E-state index contributed by atoms with van der Waals surface area (Å²) < 4.78 is 4.99. The smallest absolute Gasteiger partial charge is 0.249 e. The molecule has 1 N–H and O–H groups in total. The first-order chi connectivity index (χ1) is 8.59. The van der Waals surface area contributed by atoms with Crippen LogP contribution in [0.5, 0.6) is 0 Å². The van der Waals surface area contributed by atoms with Gasteiger partial charge in [0.1, 0.15) is 5.54 Å². The van der Waals surface area contributed by atoms with Crippen molar-refractivity contribution in [3.8, 4) is 0 Å². The molecule has 5 heteroatoms. The molecular weight excluding hydrogens is 232 g/mol. The van der Waals surface area contributed by atoms with Gasteiger partial charge in [0.05, 0.1) is 19.1 Å². The Hall–Kier alpha value is -1.78. The maximum Gasteiger partial charge on any atom is 0.249 e. The molecule has 3 rings (SSSR count). The summed E-state index contributed by atoms with van der Waals surface area (Å²) in [5.41, 5.74) is 0.204. The molecule has 5 nitrogen and oxygen atoms in total. The van der Waals surface area contributed by atoms with Gasteiger partial charge in [-0.2, -0.15) is 0 Å². The minimum atomic E-state index is -0.709. The maximum atomic E-state index is 12.5. The third kappa shape index (κ3) is 1.79. The number of amides is 2. The molecule has 0 aromatic carbocycles. The van der Waals surface area contributed by atoms with Gasteiger partial charge in [0.15, 0.2) is 0 Å². The van der Waals surface area contributed by atoms with E-state index in [9.17, 15) is 9.59 Å². The van der Waals surface area contributed by atoms with E-state index in [2.05, 4.69) is 5.32 Å². The number of carbonyl (C=O) groups excluding carboxylic acids is 2. The number of furan rings is 1. The molecule has 1 atom stereocenters. The van der Waals surface area contributed by atoms with Crippen molar-refractivity contribution in [3.05, 3.63) is 24.2 Å². The maximum absolute atomic E-state index is 12.5. The molecule has 1 aromatic rings. The number of hydrogen-bond donors (Lipinski definition) is 1. The molecule has 0 radical (unpaired) electrons. The minimum absolute atomic E-state index is 0.0193. The number of piperazine rings is 1. The van der Waals surface area contributed by atoms with Crippen LogP contribution in [0.1, 0.15) is 25.3 Å². The first-order valence-corrected chi connectivity index (χ1v) is 6.21. The fourth-order valence-electron chi connectivity index (χ4n) is 2.62. The van der Waals surface area contributed by atoms with Crippen molar-refractivity contribution < 1.29 is 14.0 Å². The molecule has 2 aliphatic rings. The van der Waals surface area contributed by atoms with Gasteiger partial charge in [-0.05, 0) is 31.7 Å². The normalized spacial score (nSPS) is 28.4. The van der Waals surface area contributed by atoms with Gasteiger partial charge < -0.3 is 14.6 Å². The molecule has 2 fully saturated rings. The predicted octanol–water partition coefficient (Wildman–Crippen LogP) is 0.907. The molecule has 1 unspecified atom stereocenters. The van der Waals surface area contributed by atoms with E-state index in [4.69, 9.17) is 4.42 Å². The highest BCUT2D eigenvalue weighted by molar-refractivity contribution is 5.98. The lowest BCUT2D eigenvalue weighted by atomic mass is 9.91. The lowest BCUT2D eigenvalue weighted by Gasteiger charge is -2.40. The van der Waals surface area contributed by atoms with E-state index in [-0.39, 0.29) is 18.4 Å². The molecule has 2 heterocycles. The van der Waals surface area contributed by atoms with Crippen LogP contribution in [0, 0.1) is 5.92 Å². The summed E-state index contributed by atoms with van der Waals surface area (Å²) in [7, 11) is 0. The predicted molar refractivity (Wildman–Crippen MR) is 63.4 cm³/mol. The van der Waals surface area contributed by atoms with E-state index in [0.29, 0.717) is 12.5 Å². The third-order valence-corrected chi connectivity index (χ3v) is 3.81. The summed E-state index contributed by atoms with van der Waals surface area (Å²) in [6.45, 7) is 2.41. The molecule has 1 saturated carbocycles. The molecule has 1 aromatic heterocycles. The SMILES string of the molecule is CC1(C2CC2)NC(=O)CN(Cc2ccoc2)C1=O. The van der Waals surface area contributed by atoms with Crippen molar-refractivity contribution in [2.45, 2.75) is 31.8 Å². The summed E-state index contributed by atoms with van der Waals surface area (Å²) in [5, 5.41) is 2.86. The second-order valence-electron chi connectivity index (χ2n) is 5.32. The van der Waals surface area contributed by atoms with Crippen LogP contribution in [0.3, 0.4) is 0 Å². The van der Waals surface area contributed by atoms with Crippen LogP contribution in [0.2, 0.25) is 0 Å². The highest BCUT2D eigenvalue weighted by atomic mass is 16.3. The van der Waals surface area contributed by atoms with E-state index in [1.54, 1.807) is 17.4 Å². The van der Waals surface area contributed by atoms with Crippen molar-refractivity contribution in [1.29, 1.82) is 0 Å². The summed E-state index contributed by atoms with van der Waals surface area (Å²) in [5.74, 6) is 0.236. The molecule has 96 valence electrons. The lowest BCUT2D eigenvalue weighted by molar-refractivity contribution is -0.150. The molecule has 1 saturated heterocycles. The zero-order valence-corrected chi connectivity index (χ0v) is 10.3. The van der Waals surface area contributed by atoms with Crippen molar-refractivity contribution in [2.75, 3.05) is 6.54 Å². The number of nitrogens with zero attached hydrogens (tertiary/aromatic N) is 1. The first kappa shape index (κ1) is 11.3. The molecule has 0 bridgehead atoms. The van der Waals surface area contributed by atoms with E-state index < -0.39 is 5.54 Å². The first-order valence-electron chi connectivity index (χ1n) is 6.21. The second kappa shape index (κ2) is 3.86. The Morgan fingerprint density at radius 2 is 2.28 bits per heavy atom.